The van der Waals surface area contributed by atoms with Gasteiger partial charge in [-0.3, -0.25) is 0 Å². The first-order valence-corrected chi connectivity index (χ1v) is 4.90. The van der Waals surface area contributed by atoms with E-state index in [-0.39, 0.29) is 6.17 Å². The minimum Gasteiger partial charge on any atom is -0.355 e. The lowest BCUT2D eigenvalue weighted by molar-refractivity contribution is 0.254. The highest BCUT2D eigenvalue weighted by atomic mass is 79.9. The molecule has 1 heterocycles. The van der Waals surface area contributed by atoms with Crippen LogP contribution in [0.5, 0.6) is 0 Å². The molecule has 0 spiro atoms. The number of rotatable bonds is 1. The van der Waals surface area contributed by atoms with Crippen molar-refractivity contribution < 1.29 is 0 Å². The van der Waals surface area contributed by atoms with Gasteiger partial charge in [-0.2, -0.15) is 0 Å². The third-order valence-electron chi connectivity index (χ3n) is 2.02. The average molecular weight is 231 g/mol. The van der Waals surface area contributed by atoms with Crippen LogP contribution >= 0.6 is 15.9 Å². The Labute approximate surface area is 82.2 Å². The monoisotopic (exact) mass is 230 g/mol. The normalized spacial score (nSPS) is 24.2. The van der Waals surface area contributed by atoms with E-state index in [9.17, 15) is 0 Å². The van der Waals surface area contributed by atoms with E-state index >= 15 is 0 Å². The number of nitrogens with zero attached hydrogens (tertiary/aromatic N) is 1. The Balaban J connectivity index is 2.86. The maximum atomic E-state index is 5.98. The van der Waals surface area contributed by atoms with Gasteiger partial charge in [-0.25, -0.2) is 0 Å². The summed E-state index contributed by atoms with van der Waals surface area (Å²) in [6.07, 6.45) is 4.14. The minimum absolute atomic E-state index is 0.0336. The van der Waals surface area contributed by atoms with Gasteiger partial charge in [-0.05, 0) is 48.4 Å². The van der Waals surface area contributed by atoms with Crippen molar-refractivity contribution in [3.63, 3.8) is 0 Å². The predicted octanol–water partition coefficient (Wildman–Crippen LogP) is 2.18. The van der Waals surface area contributed by atoms with Crippen LogP contribution in [0.4, 0.5) is 0 Å². The molecular weight excluding hydrogens is 216 g/mol. The summed E-state index contributed by atoms with van der Waals surface area (Å²) in [5.74, 6) is 0. The standard InChI is InChI=1S/C9H15BrN2/c1-6(2)12-5-8(10)4-7(3)9(12)11/h4-6,9H,11H2,1-3H3. The number of hydrogen-bond donors (Lipinski definition) is 1. The molecule has 0 aliphatic carbocycles. The van der Waals surface area contributed by atoms with Crippen molar-refractivity contribution in [1.82, 2.24) is 4.90 Å². The van der Waals surface area contributed by atoms with Gasteiger partial charge in [-0.15, -0.1) is 0 Å². The van der Waals surface area contributed by atoms with Crippen molar-refractivity contribution >= 4 is 15.9 Å². The van der Waals surface area contributed by atoms with E-state index in [1.165, 1.54) is 5.57 Å². The second kappa shape index (κ2) is 3.62. The molecule has 12 heavy (non-hydrogen) atoms. The highest BCUT2D eigenvalue weighted by Gasteiger charge is 2.19. The van der Waals surface area contributed by atoms with Crippen molar-refractivity contribution in [2.24, 2.45) is 5.73 Å². The predicted molar refractivity (Wildman–Crippen MR) is 55.7 cm³/mol. The van der Waals surface area contributed by atoms with Gasteiger partial charge in [0.25, 0.3) is 0 Å². The zero-order chi connectivity index (χ0) is 9.30. The van der Waals surface area contributed by atoms with Gasteiger partial charge in [0.2, 0.25) is 0 Å². The summed E-state index contributed by atoms with van der Waals surface area (Å²) in [7, 11) is 0. The van der Waals surface area contributed by atoms with Crippen LogP contribution in [-0.4, -0.2) is 17.1 Å². The van der Waals surface area contributed by atoms with Crippen molar-refractivity contribution in [2.75, 3.05) is 0 Å². The second-order valence-corrected chi connectivity index (χ2v) is 4.30. The first-order valence-electron chi connectivity index (χ1n) is 4.11. The molecule has 0 saturated heterocycles. The Morgan fingerprint density at radius 2 is 2.17 bits per heavy atom. The Hall–Kier alpha value is -0.280. The fourth-order valence-corrected chi connectivity index (χ4v) is 1.87. The summed E-state index contributed by atoms with van der Waals surface area (Å²) in [5, 5.41) is 0. The zero-order valence-electron chi connectivity index (χ0n) is 7.71. The van der Waals surface area contributed by atoms with E-state index in [2.05, 4.69) is 40.8 Å². The van der Waals surface area contributed by atoms with Crippen LogP contribution in [-0.2, 0) is 0 Å². The van der Waals surface area contributed by atoms with Crippen molar-refractivity contribution in [1.29, 1.82) is 0 Å². The lowest BCUT2D eigenvalue weighted by Crippen LogP contribution is -2.44. The number of allylic oxidation sites excluding steroid dienone is 2. The molecule has 0 aromatic carbocycles. The van der Waals surface area contributed by atoms with Crippen LogP contribution < -0.4 is 5.73 Å². The Morgan fingerprint density at radius 3 is 2.67 bits per heavy atom. The first-order chi connectivity index (χ1) is 5.52. The molecule has 1 aliphatic rings. The number of nitrogens with two attached hydrogens (primary N) is 1. The quantitative estimate of drug-likeness (QED) is 0.749. The van der Waals surface area contributed by atoms with Crippen LogP contribution in [0.25, 0.3) is 0 Å². The fraction of sp³-hybridized carbons (Fsp3) is 0.556. The Morgan fingerprint density at radius 1 is 1.58 bits per heavy atom. The van der Waals surface area contributed by atoms with Gasteiger partial charge in [0.1, 0.15) is 0 Å². The average Bonchev–Trinajstić information content (AvgIpc) is 1.96. The third kappa shape index (κ3) is 1.90. The van der Waals surface area contributed by atoms with Gasteiger partial charge in [0.05, 0.1) is 6.17 Å². The van der Waals surface area contributed by atoms with Gasteiger partial charge in [0, 0.05) is 16.7 Å². The van der Waals surface area contributed by atoms with E-state index in [4.69, 9.17) is 5.73 Å². The largest absolute Gasteiger partial charge is 0.355 e. The summed E-state index contributed by atoms with van der Waals surface area (Å²) in [6, 6.07) is 0.441. The molecule has 0 saturated carbocycles. The smallest absolute Gasteiger partial charge is 0.0990 e. The summed E-state index contributed by atoms with van der Waals surface area (Å²) in [6.45, 7) is 6.32. The minimum atomic E-state index is 0.0336. The van der Waals surface area contributed by atoms with Crippen LogP contribution in [0.3, 0.4) is 0 Å². The number of hydrogen-bond acceptors (Lipinski definition) is 2. The molecule has 0 aromatic rings. The first kappa shape index (κ1) is 9.81. The Bertz CT molecular complexity index is 231. The molecule has 2 nitrogen and oxygen atoms in total. The number of halogens is 1. The molecule has 0 fully saturated rings. The van der Waals surface area contributed by atoms with E-state index in [1.54, 1.807) is 0 Å². The maximum Gasteiger partial charge on any atom is 0.0990 e. The summed E-state index contributed by atoms with van der Waals surface area (Å²) in [4.78, 5) is 2.14. The topological polar surface area (TPSA) is 29.3 Å². The molecule has 1 rings (SSSR count). The summed E-state index contributed by atoms with van der Waals surface area (Å²) >= 11 is 3.45. The summed E-state index contributed by atoms with van der Waals surface area (Å²) in [5.41, 5.74) is 7.17. The molecule has 0 amide bonds. The van der Waals surface area contributed by atoms with E-state index in [0.29, 0.717) is 6.04 Å². The lowest BCUT2D eigenvalue weighted by Gasteiger charge is -2.34. The molecule has 1 atom stereocenters. The van der Waals surface area contributed by atoms with Crippen molar-refractivity contribution in [3.05, 3.63) is 22.3 Å². The third-order valence-corrected chi connectivity index (χ3v) is 2.46. The lowest BCUT2D eigenvalue weighted by atomic mass is 10.1. The van der Waals surface area contributed by atoms with Crippen LogP contribution in [0, 0.1) is 0 Å². The van der Waals surface area contributed by atoms with E-state index in [1.807, 2.05) is 13.1 Å². The van der Waals surface area contributed by atoms with Crippen molar-refractivity contribution in [2.45, 2.75) is 33.0 Å². The maximum absolute atomic E-state index is 5.98. The SMILES string of the molecule is CC1=CC(Br)=CN(C(C)C)C1N. The second-order valence-electron chi connectivity index (χ2n) is 3.39. The molecular formula is C9H15BrN2. The molecule has 2 N–H and O–H groups in total. The van der Waals surface area contributed by atoms with Crippen LogP contribution in [0.1, 0.15) is 20.8 Å². The van der Waals surface area contributed by atoms with Crippen LogP contribution in [0.15, 0.2) is 22.3 Å². The molecule has 3 heteroatoms. The molecule has 68 valence electrons. The highest BCUT2D eigenvalue weighted by molar-refractivity contribution is 9.11. The molecule has 1 unspecified atom stereocenters. The highest BCUT2D eigenvalue weighted by Crippen LogP contribution is 2.22. The molecule has 0 bridgehead atoms. The molecule has 1 aliphatic heterocycles. The van der Waals surface area contributed by atoms with Gasteiger partial charge >= 0.3 is 0 Å². The molecule has 0 aromatic heterocycles. The van der Waals surface area contributed by atoms with Crippen molar-refractivity contribution in [3.8, 4) is 0 Å². The van der Waals surface area contributed by atoms with Gasteiger partial charge in [0.15, 0.2) is 0 Å². The zero-order valence-corrected chi connectivity index (χ0v) is 9.30. The fourth-order valence-electron chi connectivity index (χ4n) is 1.27. The van der Waals surface area contributed by atoms with E-state index in [0.717, 1.165) is 4.48 Å². The van der Waals surface area contributed by atoms with Gasteiger partial charge in [-0.1, -0.05) is 0 Å². The van der Waals surface area contributed by atoms with Gasteiger partial charge < -0.3 is 10.6 Å². The van der Waals surface area contributed by atoms with Crippen LogP contribution in [0.2, 0.25) is 0 Å². The summed E-state index contributed by atoms with van der Waals surface area (Å²) < 4.78 is 1.09. The molecule has 0 radical (unpaired) electrons. The van der Waals surface area contributed by atoms with E-state index < -0.39 is 0 Å². The Kier molecular flexibility index (Phi) is 2.96.